The number of carbonyl (C=O) groups is 1. The Bertz CT molecular complexity index is 461. The quantitative estimate of drug-likeness (QED) is 0.643. The zero-order valence-corrected chi connectivity index (χ0v) is 12.2. The molecule has 0 aliphatic heterocycles. The van der Waals surface area contributed by atoms with Crippen LogP contribution in [0.5, 0.6) is 5.75 Å². The first-order valence-electron chi connectivity index (χ1n) is 6.25. The third kappa shape index (κ3) is 5.30. The third-order valence-corrected chi connectivity index (χ3v) is 3.19. The number of para-hydroxylation sites is 1. The number of hydrogen-bond acceptors (Lipinski definition) is 3. The van der Waals surface area contributed by atoms with E-state index in [1.165, 1.54) is 0 Å². The Kier molecular flexibility index (Phi) is 6.36. The van der Waals surface area contributed by atoms with Gasteiger partial charge < -0.3 is 4.74 Å². The van der Waals surface area contributed by atoms with Gasteiger partial charge in [0.2, 0.25) is 0 Å². The molecule has 0 aromatic heterocycles. The summed E-state index contributed by atoms with van der Waals surface area (Å²) in [6.07, 6.45) is 0.987. The molecule has 1 N–H and O–H groups in total. The van der Waals surface area contributed by atoms with Crippen LogP contribution in [-0.2, 0) is 4.79 Å². The number of carbonyl (C=O) groups excluding carboxylic acids is 1. The molecule has 0 radical (unpaired) electrons. The minimum atomic E-state index is -0.303. The average Bonchev–Trinajstić information content (AvgIpc) is 2.42. The molecular weight excluding hydrogens is 264 g/mol. The van der Waals surface area contributed by atoms with Gasteiger partial charge in [0.05, 0.1) is 5.02 Å². The molecule has 0 saturated carbocycles. The van der Waals surface area contributed by atoms with Crippen molar-refractivity contribution in [2.45, 2.75) is 27.2 Å². The fraction of sp³-hybridized carbons (Fsp3) is 0.429. The summed E-state index contributed by atoms with van der Waals surface area (Å²) < 4.78 is 5.30. The van der Waals surface area contributed by atoms with Gasteiger partial charge in [-0.05, 0) is 31.4 Å². The van der Waals surface area contributed by atoms with E-state index in [-0.39, 0.29) is 12.5 Å². The molecule has 1 aromatic rings. The Morgan fingerprint density at radius 3 is 2.79 bits per heavy atom. The third-order valence-electron chi connectivity index (χ3n) is 2.88. The first-order chi connectivity index (χ1) is 9.04. The number of nitrogens with one attached hydrogen (secondary N) is 1. The molecular formula is C14H19ClN2O2. The van der Waals surface area contributed by atoms with Gasteiger partial charge in [-0.1, -0.05) is 37.6 Å². The molecule has 0 aliphatic rings. The van der Waals surface area contributed by atoms with Gasteiger partial charge in [0.25, 0.3) is 5.91 Å². The average molecular weight is 283 g/mol. The maximum atomic E-state index is 11.6. The minimum Gasteiger partial charge on any atom is -0.482 e. The number of halogens is 1. The van der Waals surface area contributed by atoms with Crippen molar-refractivity contribution in [3.8, 4) is 5.75 Å². The molecule has 19 heavy (non-hydrogen) atoms. The summed E-state index contributed by atoms with van der Waals surface area (Å²) in [7, 11) is 0. The molecule has 4 nitrogen and oxygen atoms in total. The van der Waals surface area contributed by atoms with Crippen LogP contribution in [0.4, 0.5) is 0 Å². The lowest BCUT2D eigenvalue weighted by Crippen LogP contribution is -2.26. The highest BCUT2D eigenvalue weighted by Crippen LogP contribution is 2.22. The molecule has 1 amide bonds. The Morgan fingerprint density at radius 2 is 2.16 bits per heavy atom. The van der Waals surface area contributed by atoms with Gasteiger partial charge in [-0.25, -0.2) is 5.43 Å². The fourth-order valence-electron chi connectivity index (χ4n) is 1.29. The number of amides is 1. The normalized spacial score (nSPS) is 12.9. The summed E-state index contributed by atoms with van der Waals surface area (Å²) in [5.74, 6) is 0.536. The van der Waals surface area contributed by atoms with Crippen molar-refractivity contribution < 1.29 is 9.53 Å². The Hall–Kier alpha value is -1.55. The van der Waals surface area contributed by atoms with E-state index >= 15 is 0 Å². The van der Waals surface area contributed by atoms with Crippen LogP contribution in [0.15, 0.2) is 29.4 Å². The molecule has 0 heterocycles. The maximum absolute atomic E-state index is 11.6. The van der Waals surface area contributed by atoms with Crippen LogP contribution < -0.4 is 10.2 Å². The second kappa shape index (κ2) is 7.79. The van der Waals surface area contributed by atoms with Gasteiger partial charge in [0.15, 0.2) is 6.61 Å². The molecule has 0 fully saturated rings. The lowest BCUT2D eigenvalue weighted by atomic mass is 10.1. The van der Waals surface area contributed by atoms with Crippen LogP contribution >= 0.6 is 11.6 Å². The summed E-state index contributed by atoms with van der Waals surface area (Å²) >= 11 is 5.91. The van der Waals surface area contributed by atoms with Crippen molar-refractivity contribution >= 4 is 23.2 Å². The van der Waals surface area contributed by atoms with Crippen LogP contribution in [0, 0.1) is 5.92 Å². The van der Waals surface area contributed by atoms with Gasteiger partial charge in [0, 0.05) is 5.71 Å². The van der Waals surface area contributed by atoms with Gasteiger partial charge in [-0.2, -0.15) is 5.10 Å². The van der Waals surface area contributed by atoms with Gasteiger partial charge in [-0.15, -0.1) is 0 Å². The molecule has 0 aliphatic carbocycles. The molecule has 1 atom stereocenters. The second-order valence-corrected chi connectivity index (χ2v) is 4.72. The molecule has 104 valence electrons. The SMILES string of the molecule is CC[C@H](C)/C(C)=N\NC(=O)COc1ccccc1Cl. The summed E-state index contributed by atoms with van der Waals surface area (Å²) in [6.45, 7) is 5.92. The zero-order chi connectivity index (χ0) is 14.3. The van der Waals surface area contributed by atoms with Crippen molar-refractivity contribution in [2.75, 3.05) is 6.61 Å². The van der Waals surface area contributed by atoms with E-state index in [4.69, 9.17) is 16.3 Å². The number of hydrazone groups is 1. The van der Waals surface area contributed by atoms with Crippen LogP contribution in [0.2, 0.25) is 5.02 Å². The predicted octanol–water partition coefficient (Wildman–Crippen LogP) is 3.26. The largest absolute Gasteiger partial charge is 0.482 e. The van der Waals surface area contributed by atoms with Crippen molar-refractivity contribution in [3.05, 3.63) is 29.3 Å². The van der Waals surface area contributed by atoms with Crippen LogP contribution in [0.25, 0.3) is 0 Å². The topological polar surface area (TPSA) is 50.7 Å². The van der Waals surface area contributed by atoms with E-state index in [1.807, 2.05) is 6.92 Å². The predicted molar refractivity (Wildman–Crippen MR) is 77.7 cm³/mol. The van der Waals surface area contributed by atoms with Crippen LogP contribution in [0.3, 0.4) is 0 Å². The summed E-state index contributed by atoms with van der Waals surface area (Å²) in [5, 5.41) is 4.51. The maximum Gasteiger partial charge on any atom is 0.277 e. The first kappa shape index (κ1) is 15.5. The molecule has 0 unspecified atom stereocenters. The number of nitrogens with zero attached hydrogens (tertiary/aromatic N) is 1. The second-order valence-electron chi connectivity index (χ2n) is 4.32. The van der Waals surface area contributed by atoms with E-state index < -0.39 is 0 Å². The minimum absolute atomic E-state index is 0.110. The highest BCUT2D eigenvalue weighted by molar-refractivity contribution is 6.32. The fourth-order valence-corrected chi connectivity index (χ4v) is 1.48. The van der Waals surface area contributed by atoms with E-state index in [9.17, 15) is 4.79 Å². The van der Waals surface area contributed by atoms with Crippen molar-refractivity contribution in [2.24, 2.45) is 11.0 Å². The Balaban J connectivity index is 2.43. The first-order valence-corrected chi connectivity index (χ1v) is 6.62. The van der Waals surface area contributed by atoms with Crippen molar-refractivity contribution in [1.82, 2.24) is 5.43 Å². The Labute approximate surface area is 118 Å². The lowest BCUT2D eigenvalue weighted by Gasteiger charge is -2.09. The summed E-state index contributed by atoms with van der Waals surface area (Å²) in [6, 6.07) is 7.02. The highest BCUT2D eigenvalue weighted by atomic mass is 35.5. The van der Waals surface area contributed by atoms with Crippen LogP contribution in [0.1, 0.15) is 27.2 Å². The van der Waals surface area contributed by atoms with Gasteiger partial charge >= 0.3 is 0 Å². The van der Waals surface area contributed by atoms with Crippen molar-refractivity contribution in [1.29, 1.82) is 0 Å². The standard InChI is InChI=1S/C14H19ClN2O2/c1-4-10(2)11(3)16-17-14(18)9-19-13-8-6-5-7-12(13)15/h5-8,10H,4,9H2,1-3H3,(H,17,18)/b16-11-/t10-/m0/s1. The molecule has 0 spiro atoms. The molecule has 1 aromatic carbocycles. The van der Waals surface area contributed by atoms with Gasteiger partial charge in [-0.3, -0.25) is 4.79 Å². The monoisotopic (exact) mass is 282 g/mol. The smallest absolute Gasteiger partial charge is 0.277 e. The molecule has 5 heteroatoms. The summed E-state index contributed by atoms with van der Waals surface area (Å²) in [4.78, 5) is 11.6. The number of ether oxygens (including phenoxy) is 1. The number of rotatable bonds is 6. The zero-order valence-electron chi connectivity index (χ0n) is 11.4. The van der Waals surface area contributed by atoms with E-state index in [2.05, 4.69) is 24.4 Å². The molecule has 1 rings (SSSR count). The van der Waals surface area contributed by atoms with Crippen LogP contribution in [-0.4, -0.2) is 18.2 Å². The lowest BCUT2D eigenvalue weighted by molar-refractivity contribution is -0.123. The van der Waals surface area contributed by atoms with Crippen molar-refractivity contribution in [3.63, 3.8) is 0 Å². The number of hydrogen-bond donors (Lipinski definition) is 1. The molecule has 0 saturated heterocycles. The van der Waals surface area contributed by atoms with E-state index in [0.29, 0.717) is 16.7 Å². The molecule has 0 bridgehead atoms. The summed E-state index contributed by atoms with van der Waals surface area (Å²) in [5.41, 5.74) is 3.37. The van der Waals surface area contributed by atoms with Gasteiger partial charge in [0.1, 0.15) is 5.75 Å². The van der Waals surface area contributed by atoms with E-state index in [1.54, 1.807) is 24.3 Å². The Morgan fingerprint density at radius 1 is 1.47 bits per heavy atom. The number of benzene rings is 1. The van der Waals surface area contributed by atoms with E-state index in [0.717, 1.165) is 12.1 Å². The highest BCUT2D eigenvalue weighted by Gasteiger charge is 2.06.